The molecule has 1 saturated heterocycles. The zero-order valence-corrected chi connectivity index (χ0v) is 16.7. The van der Waals surface area contributed by atoms with Gasteiger partial charge in [-0.1, -0.05) is 11.6 Å². The summed E-state index contributed by atoms with van der Waals surface area (Å²) in [7, 11) is 0. The zero-order valence-electron chi connectivity index (χ0n) is 15.9. The van der Waals surface area contributed by atoms with Crippen LogP contribution in [0.1, 0.15) is 34.8 Å². The fourth-order valence-corrected chi connectivity index (χ4v) is 3.91. The lowest BCUT2D eigenvalue weighted by atomic mass is 10.0. The molecule has 4 heterocycles. The number of carbonyl (C=O) groups excluding carboxylic acids is 1. The molecule has 2 aliphatic heterocycles. The Morgan fingerprint density at radius 2 is 2.13 bits per heavy atom. The van der Waals surface area contributed by atoms with Gasteiger partial charge in [0.25, 0.3) is 5.91 Å². The molecule has 2 atom stereocenters. The van der Waals surface area contributed by atoms with Crippen molar-refractivity contribution in [2.45, 2.75) is 24.7 Å². The summed E-state index contributed by atoms with van der Waals surface area (Å²) in [5.41, 5.74) is -0.240. The Hall–Kier alpha value is -2.24. The highest BCUT2D eigenvalue weighted by atomic mass is 35.5. The quantitative estimate of drug-likeness (QED) is 0.733. The van der Waals surface area contributed by atoms with Crippen LogP contribution in [0, 0.1) is 0 Å². The zero-order chi connectivity index (χ0) is 21.3. The fraction of sp³-hybridized carbons (Fsp3) is 0.556. The van der Waals surface area contributed by atoms with Gasteiger partial charge in [-0.15, -0.1) is 0 Å². The lowest BCUT2D eigenvalue weighted by molar-refractivity contribution is -0.174. The molecule has 2 N–H and O–H groups in total. The standard InChI is InChI=1S/C18H21ClF3N5O3/c19-14-15(17(28)23-3-4-26-5-8-29-9-6-26)25-27-13(18(20,21)22)10-11(24-16(14)27)12-2-1-7-30-12/h1-2,7,11,13,24H,3-6,8-10H2,(H,23,28). The van der Waals surface area contributed by atoms with Crippen LogP contribution in [0.4, 0.5) is 19.0 Å². The molecule has 2 aliphatic rings. The number of hydrogen-bond donors (Lipinski definition) is 2. The highest BCUT2D eigenvalue weighted by molar-refractivity contribution is 6.36. The molecule has 0 spiro atoms. The highest BCUT2D eigenvalue weighted by Crippen LogP contribution is 2.46. The van der Waals surface area contributed by atoms with Crippen molar-refractivity contribution >= 4 is 23.3 Å². The van der Waals surface area contributed by atoms with Crippen LogP contribution in [0.5, 0.6) is 0 Å². The van der Waals surface area contributed by atoms with Gasteiger partial charge < -0.3 is 19.8 Å². The number of carbonyl (C=O) groups is 1. The van der Waals surface area contributed by atoms with Gasteiger partial charge in [0.15, 0.2) is 11.7 Å². The molecular formula is C18H21ClF3N5O3. The van der Waals surface area contributed by atoms with Crippen LogP contribution in [0.3, 0.4) is 0 Å². The van der Waals surface area contributed by atoms with Gasteiger partial charge >= 0.3 is 6.18 Å². The van der Waals surface area contributed by atoms with Gasteiger partial charge in [0.1, 0.15) is 16.6 Å². The number of fused-ring (bicyclic) bond motifs is 1. The Bertz CT molecular complexity index is 881. The number of hydrogen-bond acceptors (Lipinski definition) is 6. The van der Waals surface area contributed by atoms with Crippen LogP contribution >= 0.6 is 11.6 Å². The predicted octanol–water partition coefficient (Wildman–Crippen LogP) is 2.85. The number of rotatable bonds is 5. The van der Waals surface area contributed by atoms with Crippen LogP contribution in [-0.4, -0.2) is 66.2 Å². The van der Waals surface area contributed by atoms with Crippen LogP contribution in [-0.2, 0) is 4.74 Å². The minimum Gasteiger partial charge on any atom is -0.467 e. The lowest BCUT2D eigenvalue weighted by Crippen LogP contribution is -2.41. The number of furan rings is 1. The van der Waals surface area contributed by atoms with Crippen molar-refractivity contribution in [2.24, 2.45) is 0 Å². The maximum absolute atomic E-state index is 13.7. The van der Waals surface area contributed by atoms with E-state index in [0.29, 0.717) is 32.1 Å². The molecule has 1 amide bonds. The van der Waals surface area contributed by atoms with E-state index in [1.165, 1.54) is 6.26 Å². The molecule has 2 aromatic rings. The number of anilines is 1. The molecule has 2 aromatic heterocycles. The highest BCUT2D eigenvalue weighted by Gasteiger charge is 2.48. The van der Waals surface area contributed by atoms with E-state index in [4.69, 9.17) is 20.8 Å². The van der Waals surface area contributed by atoms with Crippen molar-refractivity contribution in [1.82, 2.24) is 20.0 Å². The largest absolute Gasteiger partial charge is 0.467 e. The minimum absolute atomic E-state index is 0.0510. The van der Waals surface area contributed by atoms with Crippen molar-refractivity contribution in [3.05, 3.63) is 34.9 Å². The molecule has 8 nitrogen and oxygen atoms in total. The molecule has 164 valence electrons. The Labute approximate surface area is 175 Å². The summed E-state index contributed by atoms with van der Waals surface area (Å²) >= 11 is 6.28. The first-order chi connectivity index (χ1) is 14.3. The SMILES string of the molecule is O=C(NCCN1CCOCC1)c1nn2c(c1Cl)NC(c1ccco1)CC2C(F)(F)F. The lowest BCUT2D eigenvalue weighted by Gasteiger charge is -2.32. The smallest absolute Gasteiger partial charge is 0.410 e. The molecule has 0 bridgehead atoms. The van der Waals surface area contributed by atoms with E-state index in [0.717, 1.165) is 17.8 Å². The number of morpholine rings is 1. The Kier molecular flexibility index (Phi) is 5.94. The Morgan fingerprint density at radius 1 is 1.37 bits per heavy atom. The second-order valence-corrected chi connectivity index (χ2v) is 7.55. The van der Waals surface area contributed by atoms with Crippen LogP contribution in [0.2, 0.25) is 5.02 Å². The number of nitrogens with zero attached hydrogens (tertiary/aromatic N) is 3. The van der Waals surface area contributed by atoms with Gasteiger partial charge in [-0.3, -0.25) is 9.69 Å². The van der Waals surface area contributed by atoms with Gasteiger partial charge in [0, 0.05) is 32.6 Å². The number of nitrogens with one attached hydrogen (secondary N) is 2. The first-order valence-corrected chi connectivity index (χ1v) is 9.95. The van der Waals surface area contributed by atoms with Crippen molar-refractivity contribution in [3.63, 3.8) is 0 Å². The van der Waals surface area contributed by atoms with Crippen molar-refractivity contribution in [3.8, 4) is 0 Å². The summed E-state index contributed by atoms with van der Waals surface area (Å²) in [4.78, 5) is 14.7. The molecule has 0 aromatic carbocycles. The molecule has 12 heteroatoms. The van der Waals surface area contributed by atoms with Gasteiger partial charge in [-0.25, -0.2) is 4.68 Å². The first-order valence-electron chi connectivity index (χ1n) is 9.57. The summed E-state index contributed by atoms with van der Waals surface area (Å²) in [6.07, 6.45) is -3.51. The minimum atomic E-state index is -4.57. The van der Waals surface area contributed by atoms with E-state index in [1.54, 1.807) is 12.1 Å². The van der Waals surface area contributed by atoms with Crippen molar-refractivity contribution in [2.75, 3.05) is 44.7 Å². The van der Waals surface area contributed by atoms with Crippen LogP contribution in [0.15, 0.2) is 22.8 Å². The maximum atomic E-state index is 13.7. The number of amides is 1. The summed E-state index contributed by atoms with van der Waals surface area (Å²) in [5.74, 6) is -0.318. The van der Waals surface area contributed by atoms with Gasteiger partial charge in [0.2, 0.25) is 0 Å². The van der Waals surface area contributed by atoms with E-state index in [2.05, 4.69) is 20.6 Å². The molecule has 2 unspecified atom stereocenters. The second kappa shape index (κ2) is 8.48. The molecule has 1 fully saturated rings. The van der Waals surface area contributed by atoms with E-state index in [9.17, 15) is 18.0 Å². The fourth-order valence-electron chi connectivity index (χ4n) is 3.65. The Morgan fingerprint density at radius 3 is 2.80 bits per heavy atom. The van der Waals surface area contributed by atoms with Crippen molar-refractivity contribution < 1.29 is 27.1 Å². The van der Waals surface area contributed by atoms with E-state index < -0.39 is 24.2 Å². The molecule has 0 radical (unpaired) electrons. The molecule has 4 rings (SSSR count). The molecular weight excluding hydrogens is 427 g/mol. The van der Waals surface area contributed by atoms with Gasteiger partial charge in [0.05, 0.1) is 25.5 Å². The van der Waals surface area contributed by atoms with Gasteiger partial charge in [-0.05, 0) is 12.1 Å². The second-order valence-electron chi connectivity index (χ2n) is 7.17. The average Bonchev–Trinajstić information content (AvgIpc) is 3.36. The molecule has 30 heavy (non-hydrogen) atoms. The monoisotopic (exact) mass is 447 g/mol. The summed E-state index contributed by atoms with van der Waals surface area (Å²) in [5, 5.41) is 9.36. The average molecular weight is 448 g/mol. The third kappa shape index (κ3) is 4.28. The van der Waals surface area contributed by atoms with Crippen LogP contribution < -0.4 is 10.6 Å². The Balaban J connectivity index is 1.51. The topological polar surface area (TPSA) is 84.6 Å². The first kappa shape index (κ1) is 21.0. The number of alkyl halides is 3. The van der Waals surface area contributed by atoms with E-state index in [-0.39, 0.29) is 23.0 Å². The predicted molar refractivity (Wildman–Crippen MR) is 102 cm³/mol. The van der Waals surface area contributed by atoms with E-state index in [1.807, 2.05) is 0 Å². The number of halogens is 4. The number of aromatic nitrogens is 2. The summed E-state index contributed by atoms with van der Waals surface area (Å²) in [6, 6.07) is 0.506. The van der Waals surface area contributed by atoms with Crippen LogP contribution in [0.25, 0.3) is 0 Å². The molecule has 0 aliphatic carbocycles. The number of ether oxygens (including phenoxy) is 1. The molecule has 0 saturated carbocycles. The summed E-state index contributed by atoms with van der Waals surface area (Å²) in [6.45, 7) is 3.72. The van der Waals surface area contributed by atoms with Gasteiger partial charge in [-0.2, -0.15) is 18.3 Å². The maximum Gasteiger partial charge on any atom is 0.410 e. The van der Waals surface area contributed by atoms with E-state index >= 15 is 0 Å². The third-order valence-corrected chi connectivity index (χ3v) is 5.57. The van der Waals surface area contributed by atoms with Crippen molar-refractivity contribution in [1.29, 1.82) is 0 Å². The summed E-state index contributed by atoms with van der Waals surface area (Å²) < 4.78 is 52.4. The third-order valence-electron chi connectivity index (χ3n) is 5.21. The normalized spacial score (nSPS) is 22.4.